The molecule has 114 valence electrons. The van der Waals surface area contributed by atoms with Crippen LogP contribution in [-0.4, -0.2) is 19.0 Å². The second-order valence-electron chi connectivity index (χ2n) is 4.77. The van der Waals surface area contributed by atoms with Crippen LogP contribution >= 0.6 is 0 Å². The number of carbonyl (C=O) groups excluding carboxylic acids is 1. The Balaban J connectivity index is 1.80. The van der Waals surface area contributed by atoms with Crippen molar-refractivity contribution in [3.8, 4) is 5.75 Å². The molecule has 2 rings (SSSR count). The first-order valence-electron chi connectivity index (χ1n) is 7.16. The van der Waals surface area contributed by atoms with Gasteiger partial charge in [-0.3, -0.25) is 4.79 Å². The molecule has 0 saturated heterocycles. The van der Waals surface area contributed by atoms with Gasteiger partial charge >= 0.3 is 0 Å². The number of anilines is 1. The molecule has 0 aliphatic rings. The van der Waals surface area contributed by atoms with Crippen molar-refractivity contribution < 1.29 is 9.53 Å². The zero-order valence-electron chi connectivity index (χ0n) is 12.4. The van der Waals surface area contributed by atoms with E-state index in [4.69, 9.17) is 4.74 Å². The lowest BCUT2D eigenvalue weighted by Crippen LogP contribution is -2.27. The number of nitrogens with one attached hydrogen (secondary N) is 2. The highest BCUT2D eigenvalue weighted by atomic mass is 16.5. The minimum absolute atomic E-state index is 0.0835. The standard InChI is InChI=1S/C18H20N2O2/c1-2-12-19-13-18(21)20-16-8-10-17(11-9-16)22-14-15-6-4-3-5-7-15/h2-11,19H,1,12-14H2,(H,20,21). The van der Waals surface area contributed by atoms with Gasteiger partial charge < -0.3 is 15.4 Å². The van der Waals surface area contributed by atoms with Crippen LogP contribution in [0.15, 0.2) is 67.3 Å². The maximum Gasteiger partial charge on any atom is 0.238 e. The van der Waals surface area contributed by atoms with Crippen molar-refractivity contribution in [3.05, 3.63) is 72.8 Å². The van der Waals surface area contributed by atoms with Crippen molar-refractivity contribution >= 4 is 11.6 Å². The maximum absolute atomic E-state index is 11.6. The minimum atomic E-state index is -0.0835. The van der Waals surface area contributed by atoms with E-state index in [-0.39, 0.29) is 12.5 Å². The number of hydrogen-bond acceptors (Lipinski definition) is 3. The van der Waals surface area contributed by atoms with Gasteiger partial charge in [0.25, 0.3) is 0 Å². The molecule has 22 heavy (non-hydrogen) atoms. The summed E-state index contributed by atoms with van der Waals surface area (Å²) in [5.74, 6) is 0.687. The first-order chi connectivity index (χ1) is 10.8. The van der Waals surface area contributed by atoms with E-state index in [2.05, 4.69) is 17.2 Å². The summed E-state index contributed by atoms with van der Waals surface area (Å²) in [6.45, 7) is 4.98. The molecule has 4 heteroatoms. The molecule has 0 unspecified atom stereocenters. The third-order valence-electron chi connectivity index (χ3n) is 2.96. The Hall–Kier alpha value is -2.59. The molecule has 0 heterocycles. The maximum atomic E-state index is 11.6. The topological polar surface area (TPSA) is 50.4 Å². The van der Waals surface area contributed by atoms with Crippen molar-refractivity contribution in [3.63, 3.8) is 0 Å². The number of ether oxygens (including phenoxy) is 1. The summed E-state index contributed by atoms with van der Waals surface area (Å²) < 4.78 is 5.70. The first-order valence-corrected chi connectivity index (χ1v) is 7.16. The molecule has 1 amide bonds. The SMILES string of the molecule is C=CCNCC(=O)Nc1ccc(OCc2ccccc2)cc1. The summed E-state index contributed by atoms with van der Waals surface area (Å²) in [5, 5.41) is 5.76. The molecular weight excluding hydrogens is 276 g/mol. The van der Waals surface area contributed by atoms with Gasteiger partial charge in [0, 0.05) is 12.2 Å². The van der Waals surface area contributed by atoms with Gasteiger partial charge in [-0.15, -0.1) is 6.58 Å². The average Bonchev–Trinajstić information content (AvgIpc) is 2.55. The molecule has 0 aliphatic carbocycles. The Bertz CT molecular complexity index is 594. The fourth-order valence-corrected chi connectivity index (χ4v) is 1.87. The van der Waals surface area contributed by atoms with Crippen LogP contribution in [0.2, 0.25) is 0 Å². The summed E-state index contributed by atoms with van der Waals surface area (Å²) in [5.41, 5.74) is 1.87. The molecular formula is C18H20N2O2. The van der Waals surface area contributed by atoms with E-state index in [0.717, 1.165) is 17.0 Å². The summed E-state index contributed by atoms with van der Waals surface area (Å²) in [7, 11) is 0. The van der Waals surface area contributed by atoms with Crippen molar-refractivity contribution in [2.24, 2.45) is 0 Å². The summed E-state index contributed by atoms with van der Waals surface area (Å²) >= 11 is 0. The zero-order chi connectivity index (χ0) is 15.6. The third-order valence-corrected chi connectivity index (χ3v) is 2.96. The quantitative estimate of drug-likeness (QED) is 0.581. The second-order valence-corrected chi connectivity index (χ2v) is 4.77. The highest BCUT2D eigenvalue weighted by molar-refractivity contribution is 5.92. The Morgan fingerprint density at radius 3 is 2.50 bits per heavy atom. The molecule has 2 aromatic carbocycles. The van der Waals surface area contributed by atoms with E-state index in [9.17, 15) is 4.79 Å². The Labute approximate surface area is 130 Å². The van der Waals surface area contributed by atoms with Crippen LogP contribution in [0.25, 0.3) is 0 Å². The van der Waals surface area contributed by atoms with Crippen molar-refractivity contribution in [2.45, 2.75) is 6.61 Å². The minimum Gasteiger partial charge on any atom is -0.489 e. The molecule has 0 saturated carbocycles. The summed E-state index contributed by atoms with van der Waals surface area (Å²) in [6, 6.07) is 17.3. The van der Waals surface area contributed by atoms with Crippen molar-refractivity contribution in [1.82, 2.24) is 5.32 Å². The highest BCUT2D eigenvalue weighted by Gasteiger charge is 2.02. The molecule has 0 aromatic heterocycles. The lowest BCUT2D eigenvalue weighted by Gasteiger charge is -2.08. The van der Waals surface area contributed by atoms with Crippen LogP contribution in [0.3, 0.4) is 0 Å². The Kier molecular flexibility index (Phi) is 6.20. The molecule has 0 atom stereocenters. The van der Waals surface area contributed by atoms with Gasteiger partial charge in [-0.1, -0.05) is 36.4 Å². The monoisotopic (exact) mass is 296 g/mol. The van der Waals surface area contributed by atoms with Gasteiger partial charge in [-0.2, -0.15) is 0 Å². The lowest BCUT2D eigenvalue weighted by atomic mass is 10.2. The fraction of sp³-hybridized carbons (Fsp3) is 0.167. The van der Waals surface area contributed by atoms with E-state index >= 15 is 0 Å². The predicted octanol–water partition coefficient (Wildman–Crippen LogP) is 2.98. The zero-order valence-corrected chi connectivity index (χ0v) is 12.4. The van der Waals surface area contributed by atoms with E-state index < -0.39 is 0 Å². The smallest absolute Gasteiger partial charge is 0.238 e. The normalized spacial score (nSPS) is 10.0. The fourth-order valence-electron chi connectivity index (χ4n) is 1.87. The van der Waals surface area contributed by atoms with Gasteiger partial charge in [-0.05, 0) is 29.8 Å². The number of rotatable bonds is 8. The molecule has 2 aromatic rings. The molecule has 4 nitrogen and oxygen atoms in total. The molecule has 0 fully saturated rings. The van der Waals surface area contributed by atoms with E-state index in [1.165, 1.54) is 0 Å². The van der Waals surface area contributed by atoms with Crippen LogP contribution in [-0.2, 0) is 11.4 Å². The molecule has 0 bridgehead atoms. The van der Waals surface area contributed by atoms with Gasteiger partial charge in [0.05, 0.1) is 6.54 Å². The number of carbonyl (C=O) groups is 1. The Morgan fingerprint density at radius 1 is 1.09 bits per heavy atom. The number of hydrogen-bond donors (Lipinski definition) is 2. The highest BCUT2D eigenvalue weighted by Crippen LogP contribution is 2.17. The van der Waals surface area contributed by atoms with E-state index in [1.54, 1.807) is 6.08 Å². The van der Waals surface area contributed by atoms with Crippen LogP contribution < -0.4 is 15.4 Å². The predicted molar refractivity (Wildman–Crippen MR) is 88.9 cm³/mol. The molecule has 0 spiro atoms. The largest absolute Gasteiger partial charge is 0.489 e. The van der Waals surface area contributed by atoms with Crippen molar-refractivity contribution in [2.75, 3.05) is 18.4 Å². The van der Waals surface area contributed by atoms with Gasteiger partial charge in [0.2, 0.25) is 5.91 Å². The van der Waals surface area contributed by atoms with E-state index in [1.807, 2.05) is 54.6 Å². The molecule has 0 radical (unpaired) electrons. The van der Waals surface area contributed by atoms with Crippen LogP contribution in [0.5, 0.6) is 5.75 Å². The van der Waals surface area contributed by atoms with Gasteiger partial charge in [0.1, 0.15) is 12.4 Å². The van der Waals surface area contributed by atoms with Crippen LogP contribution in [0.4, 0.5) is 5.69 Å². The van der Waals surface area contributed by atoms with E-state index in [0.29, 0.717) is 13.2 Å². The second kappa shape index (κ2) is 8.64. The van der Waals surface area contributed by atoms with Gasteiger partial charge in [0.15, 0.2) is 0 Å². The number of amides is 1. The van der Waals surface area contributed by atoms with Crippen LogP contribution in [0, 0.1) is 0 Å². The van der Waals surface area contributed by atoms with Crippen molar-refractivity contribution in [1.29, 1.82) is 0 Å². The Morgan fingerprint density at radius 2 is 1.82 bits per heavy atom. The third kappa shape index (κ3) is 5.42. The summed E-state index contributed by atoms with van der Waals surface area (Å²) in [4.78, 5) is 11.6. The number of benzene rings is 2. The molecule has 2 N–H and O–H groups in total. The van der Waals surface area contributed by atoms with Gasteiger partial charge in [-0.25, -0.2) is 0 Å². The average molecular weight is 296 g/mol. The summed E-state index contributed by atoms with van der Waals surface area (Å²) in [6.07, 6.45) is 1.71. The first kappa shape index (κ1) is 15.8. The van der Waals surface area contributed by atoms with Crippen LogP contribution in [0.1, 0.15) is 5.56 Å². The molecule has 0 aliphatic heterocycles. The lowest BCUT2D eigenvalue weighted by molar-refractivity contribution is -0.115.